The Bertz CT molecular complexity index is 672. The molecule has 0 aromatic heterocycles. The summed E-state index contributed by atoms with van der Waals surface area (Å²) >= 11 is 0. The van der Waals surface area contributed by atoms with E-state index in [9.17, 15) is 16.8 Å². The summed E-state index contributed by atoms with van der Waals surface area (Å²) in [5.41, 5.74) is 0. The molecule has 0 aliphatic rings. The predicted molar refractivity (Wildman–Crippen MR) is 72.7 cm³/mol. The molecule has 0 aliphatic carbocycles. The van der Waals surface area contributed by atoms with Crippen molar-refractivity contribution in [3.05, 3.63) is 24.3 Å². The minimum absolute atomic E-state index is 0.0303. The highest BCUT2D eigenvalue weighted by Gasteiger charge is 2.15. The summed E-state index contributed by atoms with van der Waals surface area (Å²) in [5.74, 6) is 2.40. The van der Waals surface area contributed by atoms with Crippen molar-refractivity contribution in [2.45, 2.75) is 22.6 Å². The smallest absolute Gasteiger partial charge is 0.211 e. The monoisotopic (exact) mass is 321 g/mol. The van der Waals surface area contributed by atoms with Crippen LogP contribution in [0.15, 0.2) is 34.1 Å². The lowest BCUT2D eigenvalue weighted by molar-refractivity contribution is 0.579. The zero-order valence-corrected chi connectivity index (χ0v) is 12.2. The third-order valence-electron chi connectivity index (χ3n) is 2.21. The van der Waals surface area contributed by atoms with Crippen molar-refractivity contribution in [3.63, 3.8) is 0 Å². The molecule has 5 nitrogen and oxygen atoms in total. The van der Waals surface area contributed by atoms with Gasteiger partial charge in [0, 0.05) is 23.6 Å². The van der Waals surface area contributed by atoms with Crippen molar-refractivity contribution in [3.8, 4) is 12.3 Å². The molecule has 0 saturated carbocycles. The Morgan fingerprint density at radius 1 is 1.11 bits per heavy atom. The zero-order valence-electron chi connectivity index (χ0n) is 9.84. The second-order valence-corrected chi connectivity index (χ2v) is 7.95. The molecule has 1 aromatic rings. The highest BCUT2D eigenvalue weighted by Crippen LogP contribution is 2.17. The summed E-state index contributed by atoms with van der Waals surface area (Å²) < 4.78 is 48.0. The molecule has 1 aromatic carbocycles. The van der Waals surface area contributed by atoms with Crippen LogP contribution in [-0.4, -0.2) is 23.4 Å². The van der Waals surface area contributed by atoms with Gasteiger partial charge in [-0.2, -0.15) is 0 Å². The molecule has 0 heterocycles. The summed E-state index contributed by atoms with van der Waals surface area (Å²) in [7, 11) is -2.38. The van der Waals surface area contributed by atoms with Crippen LogP contribution in [-0.2, 0) is 19.1 Å². The first-order valence-electron chi connectivity index (χ1n) is 5.25. The number of sulfonamides is 1. The molecule has 0 atom stereocenters. The average molecular weight is 322 g/mol. The lowest BCUT2D eigenvalue weighted by Gasteiger charge is -2.06. The standard InChI is InChI=1S/C11H12ClNO4S2/c1-2-3-4-9-13-19(16,17)11-7-5-10(6-8-11)18(12,14)15/h1,5-8,13H,3-4,9H2. The molecule has 104 valence electrons. The van der Waals surface area contributed by atoms with Gasteiger partial charge in [-0.05, 0) is 30.7 Å². The maximum Gasteiger partial charge on any atom is 0.261 e. The molecule has 19 heavy (non-hydrogen) atoms. The Hall–Kier alpha value is -1.07. The van der Waals surface area contributed by atoms with Gasteiger partial charge in [-0.15, -0.1) is 12.3 Å². The van der Waals surface area contributed by atoms with Crippen LogP contribution in [0, 0.1) is 12.3 Å². The lowest BCUT2D eigenvalue weighted by atomic mass is 10.3. The lowest BCUT2D eigenvalue weighted by Crippen LogP contribution is -2.24. The Balaban J connectivity index is 2.83. The van der Waals surface area contributed by atoms with Crippen LogP contribution >= 0.6 is 10.7 Å². The van der Waals surface area contributed by atoms with Gasteiger partial charge in [0.15, 0.2) is 0 Å². The van der Waals surface area contributed by atoms with E-state index >= 15 is 0 Å². The highest BCUT2D eigenvalue weighted by atomic mass is 35.7. The third kappa shape index (κ3) is 4.84. The molecule has 0 fully saturated rings. The molecule has 0 amide bonds. The van der Waals surface area contributed by atoms with E-state index in [0.29, 0.717) is 12.8 Å². The maximum absolute atomic E-state index is 11.8. The Kier molecular flexibility index (Phi) is 5.38. The minimum Gasteiger partial charge on any atom is -0.211 e. The fourth-order valence-electron chi connectivity index (χ4n) is 1.26. The first-order chi connectivity index (χ1) is 8.77. The van der Waals surface area contributed by atoms with Crippen molar-refractivity contribution in [2.24, 2.45) is 0 Å². The minimum atomic E-state index is -3.85. The quantitative estimate of drug-likeness (QED) is 0.486. The molecule has 0 bridgehead atoms. The van der Waals surface area contributed by atoms with Crippen molar-refractivity contribution in [1.29, 1.82) is 0 Å². The van der Waals surface area contributed by atoms with Crippen LogP contribution < -0.4 is 4.72 Å². The normalized spacial score (nSPS) is 12.0. The first-order valence-corrected chi connectivity index (χ1v) is 9.04. The molecular formula is C11H12ClNO4S2. The van der Waals surface area contributed by atoms with Crippen LogP contribution in [0.4, 0.5) is 0 Å². The van der Waals surface area contributed by atoms with Gasteiger partial charge in [0.05, 0.1) is 9.79 Å². The molecule has 0 radical (unpaired) electrons. The van der Waals surface area contributed by atoms with Crippen molar-refractivity contribution in [2.75, 3.05) is 6.54 Å². The number of halogens is 1. The fourth-order valence-corrected chi connectivity index (χ4v) is 3.11. The maximum atomic E-state index is 11.8. The molecule has 1 N–H and O–H groups in total. The van der Waals surface area contributed by atoms with Gasteiger partial charge in [0.2, 0.25) is 10.0 Å². The largest absolute Gasteiger partial charge is 0.261 e. The van der Waals surface area contributed by atoms with Crippen molar-refractivity contribution < 1.29 is 16.8 Å². The zero-order chi connectivity index (χ0) is 14.5. The topological polar surface area (TPSA) is 80.3 Å². The van der Waals surface area contributed by atoms with Gasteiger partial charge in [-0.25, -0.2) is 21.6 Å². The third-order valence-corrected chi connectivity index (χ3v) is 5.05. The van der Waals surface area contributed by atoms with Gasteiger partial charge in [0.25, 0.3) is 9.05 Å². The number of hydrogen-bond acceptors (Lipinski definition) is 4. The summed E-state index contributed by atoms with van der Waals surface area (Å²) in [4.78, 5) is -0.183. The number of rotatable bonds is 6. The molecule has 8 heteroatoms. The van der Waals surface area contributed by atoms with Gasteiger partial charge in [-0.3, -0.25) is 0 Å². The van der Waals surface area contributed by atoms with E-state index in [4.69, 9.17) is 17.1 Å². The molecule has 1 rings (SSSR count). The van der Waals surface area contributed by atoms with E-state index in [-0.39, 0.29) is 16.3 Å². The Morgan fingerprint density at radius 3 is 2.11 bits per heavy atom. The summed E-state index contributed by atoms with van der Waals surface area (Å²) in [5, 5.41) is 0. The second kappa shape index (κ2) is 6.39. The van der Waals surface area contributed by atoms with Crippen LogP contribution in [0.3, 0.4) is 0 Å². The molecular weight excluding hydrogens is 310 g/mol. The van der Waals surface area contributed by atoms with E-state index < -0.39 is 19.1 Å². The highest BCUT2D eigenvalue weighted by molar-refractivity contribution is 8.13. The van der Waals surface area contributed by atoms with E-state index in [0.717, 1.165) is 12.1 Å². The van der Waals surface area contributed by atoms with Crippen molar-refractivity contribution in [1.82, 2.24) is 4.72 Å². The van der Waals surface area contributed by atoms with E-state index in [1.54, 1.807) is 0 Å². The van der Waals surface area contributed by atoms with Crippen LogP contribution in [0.5, 0.6) is 0 Å². The summed E-state index contributed by atoms with van der Waals surface area (Å²) in [6.45, 7) is 0.224. The van der Waals surface area contributed by atoms with Gasteiger partial charge in [-0.1, -0.05) is 0 Å². The van der Waals surface area contributed by atoms with Crippen LogP contribution in [0.2, 0.25) is 0 Å². The number of hydrogen-bond donors (Lipinski definition) is 1. The number of terminal acetylenes is 1. The average Bonchev–Trinajstić information content (AvgIpc) is 2.34. The van der Waals surface area contributed by atoms with Gasteiger partial charge >= 0.3 is 0 Å². The van der Waals surface area contributed by atoms with E-state index in [1.165, 1.54) is 12.1 Å². The van der Waals surface area contributed by atoms with Crippen molar-refractivity contribution >= 4 is 29.8 Å². The Labute approximate surface area is 117 Å². The van der Waals surface area contributed by atoms with Gasteiger partial charge < -0.3 is 0 Å². The van der Waals surface area contributed by atoms with E-state index in [1.807, 2.05) is 0 Å². The molecule has 0 aliphatic heterocycles. The molecule has 0 spiro atoms. The SMILES string of the molecule is C#CCCCNS(=O)(=O)c1ccc(S(=O)(=O)Cl)cc1. The number of benzene rings is 1. The molecule has 0 unspecified atom stereocenters. The first kappa shape index (κ1) is 16.0. The molecule has 0 saturated heterocycles. The Morgan fingerprint density at radius 2 is 1.63 bits per heavy atom. The number of nitrogens with one attached hydrogen (secondary N) is 1. The predicted octanol–water partition coefficient (Wildman–Crippen LogP) is 1.31. The van der Waals surface area contributed by atoms with Crippen LogP contribution in [0.25, 0.3) is 0 Å². The van der Waals surface area contributed by atoms with E-state index in [2.05, 4.69) is 10.6 Å². The summed E-state index contributed by atoms with van der Waals surface area (Å²) in [6.07, 6.45) is 6.06. The second-order valence-electron chi connectivity index (χ2n) is 3.61. The van der Waals surface area contributed by atoms with Gasteiger partial charge in [0.1, 0.15) is 0 Å². The number of unbranched alkanes of at least 4 members (excludes halogenated alkanes) is 1. The summed E-state index contributed by atoms with van der Waals surface area (Å²) in [6, 6.07) is 4.63. The fraction of sp³-hybridized carbons (Fsp3) is 0.273. The van der Waals surface area contributed by atoms with Crippen LogP contribution in [0.1, 0.15) is 12.8 Å².